The molecular weight excluding hydrogens is 520 g/mol. The van der Waals surface area contributed by atoms with Crippen LogP contribution in [-0.4, -0.2) is 71.0 Å². The second kappa shape index (κ2) is 11.1. The van der Waals surface area contributed by atoms with Crippen LogP contribution in [0.3, 0.4) is 0 Å². The fourth-order valence-electron chi connectivity index (χ4n) is 4.09. The lowest BCUT2D eigenvalue weighted by Gasteiger charge is -2.31. The van der Waals surface area contributed by atoms with E-state index in [2.05, 4.69) is 20.6 Å². The van der Waals surface area contributed by atoms with Crippen molar-refractivity contribution in [3.05, 3.63) is 54.6 Å². The number of aryl methyl sites for hydroxylation is 1. The van der Waals surface area contributed by atoms with Crippen LogP contribution in [0.15, 0.2) is 22.3 Å². The molecule has 2 N–H and O–H groups in total. The van der Waals surface area contributed by atoms with Crippen LogP contribution >= 0.6 is 23.6 Å². The van der Waals surface area contributed by atoms with E-state index in [1.807, 2.05) is 0 Å². The van der Waals surface area contributed by atoms with E-state index >= 15 is 0 Å². The molecule has 37 heavy (non-hydrogen) atoms. The fraction of sp³-hybridized carbons (Fsp3) is 0.391. The summed E-state index contributed by atoms with van der Waals surface area (Å²) in [7, 11) is 4.50. The first kappa shape index (κ1) is 26.3. The molecule has 0 spiro atoms. The van der Waals surface area contributed by atoms with Gasteiger partial charge >= 0.3 is 0 Å². The van der Waals surface area contributed by atoms with Crippen LogP contribution in [0.1, 0.15) is 50.3 Å². The molecule has 2 aromatic heterocycles. The fourth-order valence-corrected chi connectivity index (χ4v) is 5.24. The Hall–Kier alpha value is -3.78. The zero-order valence-corrected chi connectivity index (χ0v) is 22.3. The number of likely N-dealkylation sites (tertiary alicyclic amines) is 1. The Bertz CT molecular complexity index is 1440. The number of ether oxygens (including phenoxy) is 3. The van der Waals surface area contributed by atoms with Crippen molar-refractivity contribution >= 4 is 35.4 Å². The zero-order chi connectivity index (χ0) is 26.7. The van der Waals surface area contributed by atoms with Gasteiger partial charge in [0.25, 0.3) is 17.4 Å². The van der Waals surface area contributed by atoms with Crippen molar-refractivity contribution < 1.29 is 23.8 Å². The largest absolute Gasteiger partial charge is 0.493 e. The molecule has 0 bridgehead atoms. The average Bonchev–Trinajstić information content (AvgIpc) is 3.42. The Morgan fingerprint density at radius 1 is 1.14 bits per heavy atom. The van der Waals surface area contributed by atoms with Crippen molar-refractivity contribution in [1.82, 2.24) is 24.8 Å². The molecule has 1 aromatic carbocycles. The van der Waals surface area contributed by atoms with E-state index in [4.69, 9.17) is 26.4 Å². The van der Waals surface area contributed by atoms with Gasteiger partial charge in [0.1, 0.15) is 11.4 Å². The Morgan fingerprint density at radius 3 is 2.49 bits per heavy atom. The Morgan fingerprint density at radius 2 is 1.84 bits per heavy atom. The highest BCUT2D eigenvalue weighted by Crippen LogP contribution is 2.40. The molecule has 0 radical (unpaired) electrons. The number of hydrogen-bond donors (Lipinski definition) is 2. The molecule has 1 aliphatic heterocycles. The number of benzene rings is 1. The van der Waals surface area contributed by atoms with Gasteiger partial charge in [-0.2, -0.15) is 9.77 Å². The lowest BCUT2D eigenvalue weighted by Crippen LogP contribution is -2.38. The second-order valence-corrected chi connectivity index (χ2v) is 9.49. The summed E-state index contributed by atoms with van der Waals surface area (Å²) in [4.78, 5) is 44.5. The van der Waals surface area contributed by atoms with Crippen LogP contribution in [0.2, 0.25) is 0 Å². The van der Waals surface area contributed by atoms with Gasteiger partial charge in [-0.1, -0.05) is 0 Å². The summed E-state index contributed by atoms with van der Waals surface area (Å²) in [6.45, 7) is 2.54. The number of aromatic nitrogens is 4. The highest BCUT2D eigenvalue weighted by molar-refractivity contribution is 7.71. The Balaban J connectivity index is 1.43. The molecule has 0 saturated carbocycles. The minimum atomic E-state index is -0.553. The topological polar surface area (TPSA) is 141 Å². The number of carbonyl (C=O) groups is 2. The van der Waals surface area contributed by atoms with Crippen molar-refractivity contribution in [2.75, 3.05) is 39.8 Å². The van der Waals surface area contributed by atoms with E-state index < -0.39 is 11.5 Å². The molecule has 3 heterocycles. The molecule has 3 aromatic rings. The van der Waals surface area contributed by atoms with E-state index in [9.17, 15) is 14.4 Å². The first-order chi connectivity index (χ1) is 17.8. The van der Waals surface area contributed by atoms with Crippen LogP contribution in [0.25, 0.3) is 0 Å². The van der Waals surface area contributed by atoms with Crippen LogP contribution in [0.4, 0.5) is 0 Å². The average molecular weight is 547 g/mol. The lowest BCUT2D eigenvalue weighted by atomic mass is 9.97. The lowest BCUT2D eigenvalue weighted by molar-refractivity contribution is 0.0708. The third kappa shape index (κ3) is 5.20. The summed E-state index contributed by atoms with van der Waals surface area (Å²) in [5.41, 5.74) is 2.70. The van der Waals surface area contributed by atoms with E-state index in [1.165, 1.54) is 39.6 Å². The summed E-state index contributed by atoms with van der Waals surface area (Å²) < 4.78 is 17.1. The van der Waals surface area contributed by atoms with Crippen molar-refractivity contribution in [2.45, 2.75) is 25.7 Å². The van der Waals surface area contributed by atoms with Crippen LogP contribution in [0.5, 0.6) is 17.2 Å². The normalized spacial score (nSPS) is 13.8. The van der Waals surface area contributed by atoms with Gasteiger partial charge in [0.2, 0.25) is 10.5 Å². The standard InChI is InChI=1S/C23H26N6O6S2/c1-12-21(31)29(23(36)26-25-12)27-19(30)15-11-37-20(24-15)13-7-9-28(10-8-13)22(32)14-5-6-16(33-2)18(35-4)17(14)34-3/h5-6,11,13H,7-10H2,1-4H3,(H,26,36)(H,27,30). The van der Waals surface area contributed by atoms with Gasteiger partial charge in [-0.25, -0.2) is 4.98 Å². The second-order valence-electron chi connectivity index (χ2n) is 8.21. The first-order valence-electron chi connectivity index (χ1n) is 11.3. The SMILES string of the molecule is COc1ccc(C(=O)N2CCC(c3nc(C(=O)Nn4c(=S)[nH]nc(C)c4=O)cs3)CC2)c(OC)c1OC. The number of nitrogens with one attached hydrogen (secondary N) is 2. The van der Waals surface area contributed by atoms with E-state index in [-0.39, 0.29) is 28.0 Å². The molecular formula is C23H26N6O6S2. The smallest absolute Gasteiger partial charge is 0.295 e. The van der Waals surface area contributed by atoms with Gasteiger partial charge < -0.3 is 19.1 Å². The number of H-pyrrole nitrogens is 1. The molecule has 1 aliphatic rings. The molecule has 1 saturated heterocycles. The number of thiazole rings is 1. The molecule has 2 amide bonds. The summed E-state index contributed by atoms with van der Waals surface area (Å²) in [5, 5.41) is 8.72. The molecule has 14 heteroatoms. The number of aromatic amines is 1. The summed E-state index contributed by atoms with van der Waals surface area (Å²) in [5.74, 6) is 0.547. The van der Waals surface area contributed by atoms with Crippen LogP contribution < -0.4 is 25.2 Å². The first-order valence-corrected chi connectivity index (χ1v) is 12.6. The minimum Gasteiger partial charge on any atom is -0.493 e. The molecule has 0 unspecified atom stereocenters. The Labute approximate surface area is 221 Å². The highest BCUT2D eigenvalue weighted by atomic mass is 32.1. The number of nitrogens with zero attached hydrogens (tertiary/aromatic N) is 4. The van der Waals surface area contributed by atoms with E-state index in [0.29, 0.717) is 48.7 Å². The molecule has 0 atom stereocenters. The zero-order valence-electron chi connectivity index (χ0n) is 20.7. The van der Waals surface area contributed by atoms with Gasteiger partial charge in [-0.15, -0.1) is 11.3 Å². The predicted molar refractivity (Wildman–Crippen MR) is 138 cm³/mol. The van der Waals surface area contributed by atoms with Gasteiger partial charge in [-0.05, 0) is 44.1 Å². The summed E-state index contributed by atoms with van der Waals surface area (Å²) >= 11 is 6.41. The van der Waals surface area contributed by atoms with Gasteiger partial charge in [0.05, 0.1) is 31.9 Å². The number of piperidine rings is 1. The quantitative estimate of drug-likeness (QED) is 0.428. The van der Waals surface area contributed by atoms with Gasteiger partial charge in [0.15, 0.2) is 11.5 Å². The maximum atomic E-state index is 13.3. The summed E-state index contributed by atoms with van der Waals surface area (Å²) in [6, 6.07) is 3.35. The van der Waals surface area contributed by atoms with Crippen molar-refractivity contribution in [3.63, 3.8) is 0 Å². The maximum Gasteiger partial charge on any atom is 0.295 e. The monoisotopic (exact) mass is 546 g/mol. The third-order valence-corrected chi connectivity index (χ3v) is 7.35. The molecule has 196 valence electrons. The number of amides is 2. The predicted octanol–water partition coefficient (Wildman–Crippen LogP) is 2.50. The summed E-state index contributed by atoms with van der Waals surface area (Å²) in [6.07, 6.45) is 1.37. The van der Waals surface area contributed by atoms with Crippen LogP contribution in [0, 0.1) is 11.7 Å². The van der Waals surface area contributed by atoms with E-state index in [0.717, 1.165) is 9.68 Å². The number of methoxy groups -OCH3 is 3. The molecule has 4 rings (SSSR count). The minimum absolute atomic E-state index is 0.0254. The maximum absolute atomic E-state index is 13.3. The third-order valence-electron chi connectivity index (χ3n) is 6.07. The molecule has 1 fully saturated rings. The van der Waals surface area contributed by atoms with E-state index in [1.54, 1.807) is 22.4 Å². The molecule has 0 aliphatic carbocycles. The van der Waals surface area contributed by atoms with Crippen molar-refractivity contribution in [1.29, 1.82) is 0 Å². The Kier molecular flexibility index (Phi) is 7.88. The van der Waals surface area contributed by atoms with Crippen molar-refractivity contribution in [3.8, 4) is 17.2 Å². The number of carbonyl (C=O) groups excluding carboxylic acids is 2. The number of hydrogen-bond acceptors (Lipinski definition) is 10. The van der Waals surface area contributed by atoms with Gasteiger partial charge in [-0.3, -0.25) is 24.9 Å². The molecule has 12 nitrogen and oxygen atoms in total. The van der Waals surface area contributed by atoms with Crippen LogP contribution in [-0.2, 0) is 0 Å². The van der Waals surface area contributed by atoms with Gasteiger partial charge in [0, 0.05) is 24.4 Å². The van der Waals surface area contributed by atoms with Crippen molar-refractivity contribution in [2.24, 2.45) is 0 Å². The highest BCUT2D eigenvalue weighted by Gasteiger charge is 2.30. The number of rotatable bonds is 7.